The molecule has 12 rings (SSSR count). The molecule has 2 heteroatoms. The lowest BCUT2D eigenvalue weighted by atomic mass is 9.93. The van der Waals surface area contributed by atoms with E-state index in [1.807, 2.05) is 158 Å². The fourth-order valence-electron chi connectivity index (χ4n) is 8.90. The second-order valence-electron chi connectivity index (χ2n) is 15.4. The zero-order chi connectivity index (χ0) is 47.9. The van der Waals surface area contributed by atoms with Crippen molar-refractivity contribution in [2.24, 2.45) is 0 Å². The van der Waals surface area contributed by atoms with E-state index in [1.54, 1.807) is 24.3 Å². The molecule has 62 heavy (non-hydrogen) atoms. The molecule has 0 amide bonds. The van der Waals surface area contributed by atoms with Crippen molar-refractivity contribution in [2.75, 3.05) is 4.90 Å². The van der Waals surface area contributed by atoms with Crippen LogP contribution >= 0.6 is 0 Å². The van der Waals surface area contributed by atoms with Crippen molar-refractivity contribution >= 4 is 71.3 Å². The number of nitrogens with zero attached hydrogens (tertiary/aromatic N) is 1. The molecule has 12 aromatic rings. The number of fused-ring (bicyclic) bond motifs is 7. The molecule has 1 heterocycles. The van der Waals surface area contributed by atoms with Gasteiger partial charge in [-0.25, -0.2) is 0 Å². The molecule has 1 aromatic heterocycles. The quantitative estimate of drug-likeness (QED) is 0.160. The molecule has 0 bridgehead atoms. The fraction of sp³-hybridized carbons (Fsp3) is 0. The van der Waals surface area contributed by atoms with Crippen LogP contribution in [0.25, 0.3) is 98.8 Å². The number of hydrogen-bond acceptors (Lipinski definition) is 2. The van der Waals surface area contributed by atoms with Gasteiger partial charge in [0.15, 0.2) is 0 Å². The van der Waals surface area contributed by atoms with E-state index in [4.69, 9.17) is 4.42 Å². The molecule has 0 aliphatic heterocycles. The number of para-hydroxylation sites is 2. The van der Waals surface area contributed by atoms with E-state index in [0.717, 1.165) is 59.8 Å². The maximum atomic E-state index is 9.93. The van der Waals surface area contributed by atoms with Gasteiger partial charge in [-0.05, 0) is 114 Å². The topological polar surface area (TPSA) is 16.4 Å². The van der Waals surface area contributed by atoms with Crippen molar-refractivity contribution in [1.82, 2.24) is 0 Å². The Bertz CT molecular complexity index is 4070. The minimum absolute atomic E-state index is 0.0843. The Labute approximate surface area is 371 Å². The van der Waals surface area contributed by atoms with Gasteiger partial charge >= 0.3 is 0 Å². The molecule has 0 aliphatic carbocycles. The lowest BCUT2D eigenvalue weighted by Gasteiger charge is -2.28. The van der Waals surface area contributed by atoms with E-state index in [1.165, 1.54) is 4.90 Å². The van der Waals surface area contributed by atoms with Crippen molar-refractivity contribution in [2.45, 2.75) is 0 Å². The lowest BCUT2D eigenvalue weighted by Crippen LogP contribution is -2.11. The molecular weight excluding hydrogens is 751 g/mol. The van der Waals surface area contributed by atoms with Crippen LogP contribution in [0.15, 0.2) is 241 Å². The highest BCUT2D eigenvalue weighted by Gasteiger charge is 2.22. The molecule has 0 fully saturated rings. The Morgan fingerprint density at radius 1 is 0.339 bits per heavy atom. The van der Waals surface area contributed by atoms with Crippen molar-refractivity contribution in [3.05, 3.63) is 236 Å². The Kier molecular flexibility index (Phi) is 6.76. The van der Waals surface area contributed by atoms with Crippen LogP contribution in [0, 0.1) is 0 Å². The Morgan fingerprint density at radius 3 is 1.55 bits per heavy atom. The molecule has 290 valence electrons. The summed E-state index contributed by atoms with van der Waals surface area (Å²) < 4.78 is 85.0. The van der Waals surface area contributed by atoms with Crippen LogP contribution in [0.1, 0.15) is 11.0 Å². The predicted octanol–water partition coefficient (Wildman–Crippen LogP) is 17.2. The third-order valence-electron chi connectivity index (χ3n) is 11.8. The first-order valence-electron chi connectivity index (χ1n) is 24.6. The summed E-state index contributed by atoms with van der Waals surface area (Å²) in [4.78, 5) is 1.41. The normalized spacial score (nSPS) is 13.4. The first-order chi connectivity index (χ1) is 34.1. The predicted molar refractivity (Wildman–Crippen MR) is 263 cm³/mol. The smallest absolute Gasteiger partial charge is 0.143 e. The number of furan rings is 1. The zero-order valence-electron chi connectivity index (χ0n) is 41.3. The summed E-state index contributed by atoms with van der Waals surface area (Å²) in [5.74, 6) is 0. The maximum Gasteiger partial charge on any atom is 0.143 e. The third kappa shape index (κ3) is 6.04. The van der Waals surface area contributed by atoms with E-state index in [0.29, 0.717) is 33.5 Å². The molecule has 0 spiro atoms. The van der Waals surface area contributed by atoms with E-state index in [9.17, 15) is 11.0 Å². The average Bonchev–Trinajstić information content (AvgIpc) is 3.79. The van der Waals surface area contributed by atoms with Gasteiger partial charge in [0.1, 0.15) is 11.2 Å². The summed E-state index contributed by atoms with van der Waals surface area (Å²) in [7, 11) is 0. The standard InChI is InChI=1S/C60H39NO/c1-4-21-49-41(14-1)17-12-26-51(49)43-32-36-48(37-33-43)61(47-34-30-40(31-35-47)44-19-11-20-45(38-44)52-27-13-18-42-15-2-5-22-50(42)52)57-28-9-7-24-54(57)56-39-46-16-3-6-23-53(46)60-59(56)55-25-8-10-29-58(55)62-60/h1-39H/i30D,31D,32D,33D,34D,35D,36D,37D. The highest BCUT2D eigenvalue weighted by atomic mass is 16.3. The Hall–Kier alpha value is -8.20. The van der Waals surface area contributed by atoms with E-state index >= 15 is 0 Å². The summed E-state index contributed by atoms with van der Waals surface area (Å²) in [5.41, 5.74) is 5.47. The largest absolute Gasteiger partial charge is 0.455 e. The molecule has 0 radical (unpaired) electrons. The van der Waals surface area contributed by atoms with Crippen LogP contribution in [-0.4, -0.2) is 0 Å². The summed E-state index contributed by atoms with van der Waals surface area (Å²) >= 11 is 0. The van der Waals surface area contributed by atoms with E-state index < -0.39 is 24.2 Å². The summed E-state index contributed by atoms with van der Waals surface area (Å²) in [6, 6.07) is 56.8. The number of anilines is 3. The van der Waals surface area contributed by atoms with Crippen LogP contribution in [-0.2, 0) is 0 Å². The fourth-order valence-corrected chi connectivity index (χ4v) is 8.90. The van der Waals surface area contributed by atoms with Gasteiger partial charge < -0.3 is 9.32 Å². The SMILES string of the molecule is [2H]c1c([2H])c(N(c2ccccc2-c2cc3ccccc3c3oc4ccccc4c23)c2c([2H])c([2H])c(-c3cccc4ccccc34)c([2H])c2[2H])c([2H])c([2H])c1-c1cccc(-c2cccc3ccccc23)c1. The van der Waals surface area contributed by atoms with Crippen LogP contribution in [0.4, 0.5) is 17.1 Å². The highest BCUT2D eigenvalue weighted by molar-refractivity contribution is 6.22. The lowest BCUT2D eigenvalue weighted by molar-refractivity contribution is 0.673. The van der Waals surface area contributed by atoms with E-state index in [2.05, 4.69) is 6.07 Å². The Morgan fingerprint density at radius 2 is 0.839 bits per heavy atom. The monoisotopic (exact) mass is 797 g/mol. The maximum absolute atomic E-state index is 9.93. The van der Waals surface area contributed by atoms with Gasteiger partial charge in [-0.2, -0.15) is 0 Å². The molecule has 0 unspecified atom stereocenters. The average molecular weight is 798 g/mol. The molecule has 2 nitrogen and oxygen atoms in total. The van der Waals surface area contributed by atoms with Crippen molar-refractivity contribution in [3.63, 3.8) is 0 Å². The van der Waals surface area contributed by atoms with Crippen molar-refractivity contribution in [3.8, 4) is 44.5 Å². The molecule has 0 saturated heterocycles. The number of hydrogen-bond donors (Lipinski definition) is 0. The molecule has 0 N–H and O–H groups in total. The molecule has 11 aromatic carbocycles. The van der Waals surface area contributed by atoms with Crippen LogP contribution in [0.3, 0.4) is 0 Å². The molecule has 0 atom stereocenters. The van der Waals surface area contributed by atoms with Crippen molar-refractivity contribution in [1.29, 1.82) is 0 Å². The summed E-state index contributed by atoms with van der Waals surface area (Å²) in [6.45, 7) is 0. The first-order valence-corrected chi connectivity index (χ1v) is 20.6. The van der Waals surface area contributed by atoms with Crippen molar-refractivity contribution < 1.29 is 15.4 Å². The van der Waals surface area contributed by atoms with Gasteiger partial charge in [0.2, 0.25) is 0 Å². The minimum atomic E-state index is -0.422. The zero-order valence-corrected chi connectivity index (χ0v) is 33.3. The molecule has 0 saturated carbocycles. The number of rotatable bonds is 7. The van der Waals surface area contributed by atoms with Crippen LogP contribution < -0.4 is 4.90 Å². The van der Waals surface area contributed by atoms with Crippen LogP contribution in [0.2, 0.25) is 0 Å². The highest BCUT2D eigenvalue weighted by Crippen LogP contribution is 2.47. The van der Waals surface area contributed by atoms with Gasteiger partial charge in [0, 0.05) is 33.1 Å². The summed E-state index contributed by atoms with van der Waals surface area (Å²) in [6.07, 6.45) is 0. The summed E-state index contributed by atoms with van der Waals surface area (Å²) in [5, 5.41) is 7.15. The van der Waals surface area contributed by atoms with Gasteiger partial charge in [-0.3, -0.25) is 0 Å². The van der Waals surface area contributed by atoms with Gasteiger partial charge in [0.05, 0.1) is 16.7 Å². The van der Waals surface area contributed by atoms with Gasteiger partial charge in [-0.1, -0.05) is 188 Å². The van der Waals surface area contributed by atoms with Gasteiger partial charge in [-0.15, -0.1) is 0 Å². The second-order valence-corrected chi connectivity index (χ2v) is 15.4. The molecule has 0 aliphatic rings. The molecular formula is C60H39NO. The van der Waals surface area contributed by atoms with Gasteiger partial charge in [0.25, 0.3) is 0 Å². The Balaban J connectivity index is 1.14. The first kappa shape index (κ1) is 28.3. The minimum Gasteiger partial charge on any atom is -0.455 e. The van der Waals surface area contributed by atoms with E-state index in [-0.39, 0.29) is 46.7 Å². The number of benzene rings is 11. The second kappa shape index (κ2) is 14.8. The third-order valence-corrected chi connectivity index (χ3v) is 11.8. The van der Waals surface area contributed by atoms with Crippen LogP contribution in [0.5, 0.6) is 0 Å².